The second kappa shape index (κ2) is 7.29. The molecule has 0 aliphatic rings. The number of carbonyl (C=O) groups is 1. The first-order valence-corrected chi connectivity index (χ1v) is 7.19. The van der Waals surface area contributed by atoms with Gasteiger partial charge in [-0.2, -0.15) is 5.10 Å². The van der Waals surface area contributed by atoms with Crippen molar-refractivity contribution in [2.24, 2.45) is 0 Å². The van der Waals surface area contributed by atoms with Gasteiger partial charge in [0.2, 0.25) is 0 Å². The Bertz CT molecular complexity index is 655. The van der Waals surface area contributed by atoms with Crippen molar-refractivity contribution in [3.63, 3.8) is 0 Å². The number of amides is 1. The summed E-state index contributed by atoms with van der Waals surface area (Å²) in [5.41, 5.74) is 1.02. The van der Waals surface area contributed by atoms with Gasteiger partial charge in [-0.05, 0) is 32.3 Å². The molecule has 0 spiro atoms. The standard InChI is InChI=1S/C15H19ClN4O2/c1-19(2)6-7-20-10-12(9-17-20)18-15(21)13-8-11(16)4-5-14(13)22-3/h4-5,8-10H,6-7H2,1-3H3,(H,18,21). The maximum Gasteiger partial charge on any atom is 0.259 e. The molecule has 7 heteroatoms. The lowest BCUT2D eigenvalue weighted by Gasteiger charge is -2.09. The predicted molar refractivity (Wildman–Crippen MR) is 86.7 cm³/mol. The summed E-state index contributed by atoms with van der Waals surface area (Å²) in [4.78, 5) is 14.4. The van der Waals surface area contributed by atoms with E-state index in [4.69, 9.17) is 16.3 Å². The van der Waals surface area contributed by atoms with E-state index in [1.807, 2.05) is 14.1 Å². The summed E-state index contributed by atoms with van der Waals surface area (Å²) in [5.74, 6) is 0.188. The molecule has 0 saturated carbocycles. The van der Waals surface area contributed by atoms with E-state index in [1.54, 1.807) is 35.3 Å². The van der Waals surface area contributed by atoms with Crippen LogP contribution in [0.2, 0.25) is 5.02 Å². The van der Waals surface area contributed by atoms with Crippen LogP contribution in [-0.4, -0.2) is 48.3 Å². The molecule has 1 N–H and O–H groups in total. The monoisotopic (exact) mass is 322 g/mol. The minimum Gasteiger partial charge on any atom is -0.496 e. The van der Waals surface area contributed by atoms with Gasteiger partial charge in [0.15, 0.2) is 0 Å². The van der Waals surface area contributed by atoms with Gasteiger partial charge in [-0.3, -0.25) is 9.48 Å². The molecule has 118 valence electrons. The van der Waals surface area contributed by atoms with Gasteiger partial charge in [0.1, 0.15) is 5.75 Å². The fraction of sp³-hybridized carbons (Fsp3) is 0.333. The summed E-state index contributed by atoms with van der Waals surface area (Å²) in [6.07, 6.45) is 3.41. The van der Waals surface area contributed by atoms with Gasteiger partial charge in [0.25, 0.3) is 5.91 Å². The number of nitrogens with one attached hydrogen (secondary N) is 1. The third kappa shape index (κ3) is 4.22. The van der Waals surface area contributed by atoms with Crippen LogP contribution in [-0.2, 0) is 6.54 Å². The summed E-state index contributed by atoms with van der Waals surface area (Å²) >= 11 is 5.94. The van der Waals surface area contributed by atoms with Crippen LogP contribution in [0.5, 0.6) is 5.75 Å². The fourth-order valence-corrected chi connectivity index (χ4v) is 2.08. The second-order valence-corrected chi connectivity index (χ2v) is 5.53. The molecule has 1 aromatic carbocycles. The molecule has 2 aromatic rings. The van der Waals surface area contributed by atoms with Crippen LogP contribution in [0.15, 0.2) is 30.6 Å². The highest BCUT2D eigenvalue weighted by atomic mass is 35.5. The molecular formula is C15H19ClN4O2. The van der Waals surface area contributed by atoms with Crippen LogP contribution in [0, 0.1) is 0 Å². The quantitative estimate of drug-likeness (QED) is 0.887. The van der Waals surface area contributed by atoms with E-state index in [-0.39, 0.29) is 5.91 Å². The van der Waals surface area contributed by atoms with Crippen molar-refractivity contribution < 1.29 is 9.53 Å². The first-order valence-electron chi connectivity index (χ1n) is 6.81. The molecular weight excluding hydrogens is 304 g/mol. The van der Waals surface area contributed by atoms with Crippen LogP contribution >= 0.6 is 11.6 Å². The highest BCUT2D eigenvalue weighted by molar-refractivity contribution is 6.31. The Morgan fingerprint density at radius 1 is 1.45 bits per heavy atom. The van der Waals surface area contributed by atoms with Crippen molar-refractivity contribution in [1.82, 2.24) is 14.7 Å². The van der Waals surface area contributed by atoms with Gasteiger partial charge in [-0.25, -0.2) is 0 Å². The van der Waals surface area contributed by atoms with Crippen LogP contribution in [0.3, 0.4) is 0 Å². The van der Waals surface area contributed by atoms with E-state index in [0.29, 0.717) is 22.0 Å². The third-order valence-corrected chi connectivity index (χ3v) is 3.31. The lowest BCUT2D eigenvalue weighted by Crippen LogP contribution is -2.18. The zero-order valence-corrected chi connectivity index (χ0v) is 13.6. The molecule has 1 amide bonds. The number of rotatable bonds is 6. The number of methoxy groups -OCH3 is 1. The van der Waals surface area contributed by atoms with Crippen molar-refractivity contribution in [3.05, 3.63) is 41.2 Å². The molecule has 0 aliphatic heterocycles. The normalized spacial score (nSPS) is 10.8. The van der Waals surface area contributed by atoms with Crippen molar-refractivity contribution in [2.45, 2.75) is 6.54 Å². The SMILES string of the molecule is COc1ccc(Cl)cc1C(=O)Nc1cnn(CCN(C)C)c1. The number of hydrogen-bond donors (Lipinski definition) is 1. The molecule has 0 aliphatic carbocycles. The predicted octanol–water partition coefficient (Wildman–Crippen LogP) is 2.36. The molecule has 1 heterocycles. The molecule has 6 nitrogen and oxygen atoms in total. The molecule has 0 atom stereocenters. The summed E-state index contributed by atoms with van der Waals surface area (Å²) in [6, 6.07) is 4.92. The van der Waals surface area contributed by atoms with Gasteiger partial charge in [-0.1, -0.05) is 11.6 Å². The minimum absolute atomic E-state index is 0.286. The molecule has 1 aromatic heterocycles. The van der Waals surface area contributed by atoms with Gasteiger partial charge in [0, 0.05) is 17.8 Å². The second-order valence-electron chi connectivity index (χ2n) is 5.09. The Hall–Kier alpha value is -2.05. The summed E-state index contributed by atoms with van der Waals surface area (Å²) in [6.45, 7) is 1.63. The van der Waals surface area contributed by atoms with Crippen molar-refractivity contribution >= 4 is 23.2 Å². The number of aromatic nitrogens is 2. The fourth-order valence-electron chi connectivity index (χ4n) is 1.91. The Labute approximate surface area is 134 Å². The maximum atomic E-state index is 12.3. The Morgan fingerprint density at radius 2 is 2.23 bits per heavy atom. The van der Waals surface area contributed by atoms with Crippen molar-refractivity contribution in [3.8, 4) is 5.75 Å². The van der Waals surface area contributed by atoms with E-state index in [9.17, 15) is 4.79 Å². The molecule has 0 fully saturated rings. The number of hydrogen-bond acceptors (Lipinski definition) is 4. The van der Waals surface area contributed by atoms with Crippen LogP contribution in [0.1, 0.15) is 10.4 Å². The van der Waals surface area contributed by atoms with E-state index in [2.05, 4.69) is 15.3 Å². The number of halogens is 1. The maximum absolute atomic E-state index is 12.3. The molecule has 0 radical (unpaired) electrons. The smallest absolute Gasteiger partial charge is 0.259 e. The van der Waals surface area contributed by atoms with E-state index in [1.165, 1.54) is 7.11 Å². The average Bonchev–Trinajstić information content (AvgIpc) is 2.92. The number of ether oxygens (including phenoxy) is 1. The van der Waals surface area contributed by atoms with Gasteiger partial charge in [0.05, 0.1) is 31.1 Å². The number of likely N-dealkylation sites (N-methyl/N-ethyl adjacent to an activating group) is 1. The lowest BCUT2D eigenvalue weighted by atomic mass is 10.2. The van der Waals surface area contributed by atoms with Gasteiger partial charge in [-0.15, -0.1) is 0 Å². The van der Waals surface area contributed by atoms with Crippen molar-refractivity contribution in [1.29, 1.82) is 0 Å². The topological polar surface area (TPSA) is 59.4 Å². The largest absolute Gasteiger partial charge is 0.496 e. The zero-order valence-electron chi connectivity index (χ0n) is 12.8. The van der Waals surface area contributed by atoms with Crippen LogP contribution in [0.4, 0.5) is 5.69 Å². The molecule has 2 rings (SSSR count). The van der Waals surface area contributed by atoms with Crippen LogP contribution in [0.25, 0.3) is 0 Å². The molecule has 22 heavy (non-hydrogen) atoms. The van der Waals surface area contributed by atoms with Crippen LogP contribution < -0.4 is 10.1 Å². The zero-order chi connectivity index (χ0) is 16.1. The van der Waals surface area contributed by atoms with E-state index in [0.717, 1.165) is 13.1 Å². The number of nitrogens with zero attached hydrogens (tertiary/aromatic N) is 3. The number of benzene rings is 1. The highest BCUT2D eigenvalue weighted by Crippen LogP contribution is 2.23. The number of anilines is 1. The Morgan fingerprint density at radius 3 is 2.91 bits per heavy atom. The molecule has 0 unspecified atom stereocenters. The number of carbonyl (C=O) groups excluding carboxylic acids is 1. The Balaban J connectivity index is 2.07. The first-order chi connectivity index (χ1) is 10.5. The summed E-state index contributed by atoms with van der Waals surface area (Å²) in [5, 5.41) is 7.49. The van der Waals surface area contributed by atoms with Gasteiger partial charge < -0.3 is 15.0 Å². The third-order valence-electron chi connectivity index (χ3n) is 3.07. The minimum atomic E-state index is -0.286. The Kier molecular flexibility index (Phi) is 5.41. The highest BCUT2D eigenvalue weighted by Gasteiger charge is 2.14. The first kappa shape index (κ1) is 16.3. The van der Waals surface area contributed by atoms with E-state index < -0.39 is 0 Å². The average molecular weight is 323 g/mol. The van der Waals surface area contributed by atoms with Crippen molar-refractivity contribution in [2.75, 3.05) is 33.1 Å². The molecule has 0 bridgehead atoms. The van der Waals surface area contributed by atoms with E-state index >= 15 is 0 Å². The summed E-state index contributed by atoms with van der Waals surface area (Å²) < 4.78 is 6.97. The molecule has 0 saturated heterocycles. The lowest BCUT2D eigenvalue weighted by molar-refractivity contribution is 0.102. The van der Waals surface area contributed by atoms with Gasteiger partial charge >= 0.3 is 0 Å². The summed E-state index contributed by atoms with van der Waals surface area (Å²) in [7, 11) is 5.51.